The van der Waals surface area contributed by atoms with Crippen molar-refractivity contribution in [2.45, 2.75) is 26.2 Å². The van der Waals surface area contributed by atoms with Gasteiger partial charge in [0.2, 0.25) is 0 Å². The minimum absolute atomic E-state index is 0.672. The molecule has 0 saturated carbocycles. The predicted octanol–water partition coefficient (Wildman–Crippen LogP) is 15.0. The molecule has 0 fully saturated rings. The Morgan fingerprint density at radius 2 is 0.306 bits per heavy atom. The van der Waals surface area contributed by atoms with Gasteiger partial charge in [0.05, 0.1) is 0 Å². The molecule has 0 heterocycles. The highest BCUT2D eigenvalue weighted by molar-refractivity contribution is 5.69. The maximum atomic E-state index is 2.50. The first-order valence-electron chi connectivity index (χ1n) is 21.4. The second-order valence-electron chi connectivity index (χ2n) is 15.4. The van der Waals surface area contributed by atoms with E-state index in [4.69, 9.17) is 0 Å². The van der Waals surface area contributed by atoms with Crippen LogP contribution in [0.4, 0.5) is 45.5 Å². The van der Waals surface area contributed by atoms with Crippen molar-refractivity contribution in [1.29, 1.82) is 0 Å². The zero-order valence-electron chi connectivity index (χ0n) is 34.9. The van der Waals surface area contributed by atoms with Crippen molar-refractivity contribution in [3.05, 3.63) is 277 Å². The standard InChI is InChI=1S/C58H50N4/c1-9-25-51(26-10-1)59(52-27-11-2-12-28-52)43-47-41-49(45-61(55-33-17-5-18-34-55)56-35-19-6-20-36-56)50(46-62(57-37-21-7-22-38-57)58-39-23-8-24-40-58)42-48(47)44-60(53-29-13-3-14-30-53)54-31-15-4-16-32-54/h1-42H,43-46H2. The highest BCUT2D eigenvalue weighted by Crippen LogP contribution is 2.37. The first kappa shape index (κ1) is 39.6. The van der Waals surface area contributed by atoms with Crippen molar-refractivity contribution in [2.24, 2.45) is 0 Å². The van der Waals surface area contributed by atoms with E-state index in [0.717, 1.165) is 45.5 Å². The Labute approximate surface area is 366 Å². The monoisotopic (exact) mass is 802 g/mol. The average Bonchev–Trinajstić information content (AvgIpc) is 3.36. The summed E-state index contributed by atoms with van der Waals surface area (Å²) in [6.07, 6.45) is 0. The molecular formula is C58H50N4. The van der Waals surface area contributed by atoms with Crippen molar-refractivity contribution < 1.29 is 0 Å². The van der Waals surface area contributed by atoms with E-state index in [2.05, 4.69) is 274 Å². The van der Waals surface area contributed by atoms with E-state index < -0.39 is 0 Å². The van der Waals surface area contributed by atoms with Crippen LogP contribution in [0.5, 0.6) is 0 Å². The van der Waals surface area contributed by atoms with E-state index in [1.807, 2.05) is 0 Å². The zero-order valence-corrected chi connectivity index (χ0v) is 34.9. The minimum Gasteiger partial charge on any atom is -0.337 e. The lowest BCUT2D eigenvalue weighted by Gasteiger charge is -2.33. The van der Waals surface area contributed by atoms with Crippen LogP contribution in [0, 0.1) is 0 Å². The molecule has 0 saturated heterocycles. The number of rotatable bonds is 16. The van der Waals surface area contributed by atoms with Gasteiger partial charge in [0.15, 0.2) is 0 Å². The molecule has 0 atom stereocenters. The molecule has 0 aliphatic rings. The van der Waals surface area contributed by atoms with Gasteiger partial charge < -0.3 is 19.6 Å². The van der Waals surface area contributed by atoms with Crippen LogP contribution in [-0.2, 0) is 26.2 Å². The number of benzene rings is 9. The van der Waals surface area contributed by atoms with E-state index in [1.54, 1.807) is 0 Å². The maximum absolute atomic E-state index is 2.50. The van der Waals surface area contributed by atoms with Gasteiger partial charge in [-0.15, -0.1) is 0 Å². The third-order valence-corrected chi connectivity index (χ3v) is 11.4. The second kappa shape index (κ2) is 19.5. The summed E-state index contributed by atoms with van der Waals surface area (Å²) >= 11 is 0. The molecule has 4 heteroatoms. The lowest BCUT2D eigenvalue weighted by atomic mass is 9.95. The molecule has 302 valence electrons. The summed E-state index contributed by atoms with van der Waals surface area (Å²) in [5.74, 6) is 0. The third-order valence-electron chi connectivity index (χ3n) is 11.4. The molecule has 0 aliphatic heterocycles. The van der Waals surface area contributed by atoms with Crippen LogP contribution in [0.3, 0.4) is 0 Å². The molecule has 62 heavy (non-hydrogen) atoms. The maximum Gasteiger partial charge on any atom is 0.0485 e. The van der Waals surface area contributed by atoms with E-state index >= 15 is 0 Å². The van der Waals surface area contributed by atoms with E-state index in [-0.39, 0.29) is 0 Å². The summed E-state index contributed by atoms with van der Waals surface area (Å²) in [6.45, 7) is 2.69. The molecule has 0 amide bonds. The number of para-hydroxylation sites is 8. The summed E-state index contributed by atoms with van der Waals surface area (Å²) in [4.78, 5) is 9.79. The predicted molar refractivity (Wildman–Crippen MR) is 261 cm³/mol. The summed E-state index contributed by atoms with van der Waals surface area (Å²) < 4.78 is 0. The first-order valence-corrected chi connectivity index (χ1v) is 21.4. The fourth-order valence-corrected chi connectivity index (χ4v) is 8.25. The van der Waals surface area contributed by atoms with E-state index in [1.165, 1.54) is 22.3 Å². The van der Waals surface area contributed by atoms with Crippen LogP contribution >= 0.6 is 0 Å². The Morgan fingerprint density at radius 1 is 0.177 bits per heavy atom. The number of anilines is 8. The fourth-order valence-electron chi connectivity index (χ4n) is 8.25. The SMILES string of the molecule is c1ccc(N(Cc2cc(CN(c3ccccc3)c3ccccc3)c(CN(c3ccccc3)c3ccccc3)cc2CN(c2ccccc2)c2ccccc2)c2ccccc2)cc1. The lowest BCUT2D eigenvalue weighted by Crippen LogP contribution is -2.25. The van der Waals surface area contributed by atoms with Crippen LogP contribution in [0.25, 0.3) is 0 Å². The molecule has 0 bridgehead atoms. The Hall–Kier alpha value is -7.82. The van der Waals surface area contributed by atoms with Gasteiger partial charge in [0, 0.05) is 71.7 Å². The normalized spacial score (nSPS) is 10.8. The lowest BCUT2D eigenvalue weighted by molar-refractivity contribution is 0.866. The largest absolute Gasteiger partial charge is 0.337 e. The van der Waals surface area contributed by atoms with Gasteiger partial charge in [-0.25, -0.2) is 0 Å². The molecule has 0 N–H and O–H groups in total. The minimum atomic E-state index is 0.672. The zero-order chi connectivity index (χ0) is 41.8. The summed E-state index contributed by atoms with van der Waals surface area (Å²) in [7, 11) is 0. The van der Waals surface area contributed by atoms with Crippen LogP contribution in [-0.4, -0.2) is 0 Å². The second-order valence-corrected chi connectivity index (χ2v) is 15.4. The van der Waals surface area contributed by atoms with Gasteiger partial charge >= 0.3 is 0 Å². The van der Waals surface area contributed by atoms with Crippen LogP contribution in [0.2, 0.25) is 0 Å². The highest BCUT2D eigenvalue weighted by Gasteiger charge is 2.22. The molecule has 4 nitrogen and oxygen atoms in total. The highest BCUT2D eigenvalue weighted by atomic mass is 15.2. The number of hydrogen-bond acceptors (Lipinski definition) is 4. The van der Waals surface area contributed by atoms with Gasteiger partial charge in [-0.1, -0.05) is 158 Å². The van der Waals surface area contributed by atoms with Gasteiger partial charge in [-0.05, 0) is 119 Å². The molecule has 0 spiro atoms. The van der Waals surface area contributed by atoms with Crippen molar-refractivity contribution in [3.8, 4) is 0 Å². The molecular weight excluding hydrogens is 753 g/mol. The molecule has 9 aromatic carbocycles. The van der Waals surface area contributed by atoms with Gasteiger partial charge in [0.1, 0.15) is 0 Å². The topological polar surface area (TPSA) is 13.0 Å². The van der Waals surface area contributed by atoms with Crippen LogP contribution < -0.4 is 19.6 Å². The summed E-state index contributed by atoms with van der Waals surface area (Å²) in [5, 5.41) is 0. The van der Waals surface area contributed by atoms with Crippen LogP contribution in [0.1, 0.15) is 22.3 Å². The Morgan fingerprint density at radius 3 is 0.435 bits per heavy atom. The van der Waals surface area contributed by atoms with Gasteiger partial charge in [-0.2, -0.15) is 0 Å². The average molecular weight is 803 g/mol. The quantitative estimate of drug-likeness (QED) is 0.0965. The van der Waals surface area contributed by atoms with Crippen molar-refractivity contribution >= 4 is 45.5 Å². The van der Waals surface area contributed by atoms with Crippen molar-refractivity contribution in [1.82, 2.24) is 0 Å². The smallest absolute Gasteiger partial charge is 0.0485 e. The number of nitrogens with zero attached hydrogens (tertiary/aromatic N) is 4. The molecule has 0 aromatic heterocycles. The Kier molecular flexibility index (Phi) is 12.5. The molecule has 0 unspecified atom stereocenters. The number of hydrogen-bond donors (Lipinski definition) is 0. The van der Waals surface area contributed by atoms with Crippen LogP contribution in [0.15, 0.2) is 255 Å². The summed E-state index contributed by atoms with van der Waals surface area (Å²) in [5.41, 5.74) is 14.2. The van der Waals surface area contributed by atoms with Crippen molar-refractivity contribution in [3.63, 3.8) is 0 Å². The molecule has 9 aromatic rings. The first-order chi connectivity index (χ1) is 30.8. The Balaban J connectivity index is 1.27. The van der Waals surface area contributed by atoms with Gasteiger partial charge in [-0.3, -0.25) is 0 Å². The Bertz CT molecular complexity index is 2180. The fraction of sp³-hybridized carbons (Fsp3) is 0.0690. The third kappa shape index (κ3) is 9.46. The van der Waals surface area contributed by atoms with Crippen molar-refractivity contribution in [2.75, 3.05) is 19.6 Å². The van der Waals surface area contributed by atoms with Gasteiger partial charge in [0.25, 0.3) is 0 Å². The molecule has 0 aliphatic carbocycles. The van der Waals surface area contributed by atoms with E-state index in [9.17, 15) is 0 Å². The summed E-state index contributed by atoms with van der Waals surface area (Å²) in [6, 6.07) is 91.3. The molecule has 0 radical (unpaired) electrons. The van der Waals surface area contributed by atoms with E-state index in [0.29, 0.717) is 26.2 Å². The molecule has 9 rings (SSSR count).